The lowest BCUT2D eigenvalue weighted by Gasteiger charge is -2.09. The van der Waals surface area contributed by atoms with Crippen molar-refractivity contribution in [2.45, 2.75) is 6.42 Å². The first-order valence-electron chi connectivity index (χ1n) is 8.65. The zero-order valence-corrected chi connectivity index (χ0v) is 17.4. The van der Waals surface area contributed by atoms with Gasteiger partial charge in [0.25, 0.3) is 5.91 Å². The molecule has 3 aromatic rings. The van der Waals surface area contributed by atoms with E-state index in [0.29, 0.717) is 17.4 Å². The van der Waals surface area contributed by atoms with E-state index in [1.807, 2.05) is 7.05 Å². The van der Waals surface area contributed by atoms with Crippen LogP contribution in [-0.4, -0.2) is 35.5 Å². The number of benzene rings is 1. The molecule has 2 aromatic heterocycles. The highest BCUT2D eigenvalue weighted by molar-refractivity contribution is 7.08. The maximum Gasteiger partial charge on any atom is 0.274 e. The van der Waals surface area contributed by atoms with Crippen LogP contribution in [0.1, 0.15) is 16.9 Å². The molecule has 0 aliphatic heterocycles. The first kappa shape index (κ1) is 23.6. The minimum absolute atomic E-state index is 0. The largest absolute Gasteiger partial charge is 0.481 e. The summed E-state index contributed by atoms with van der Waals surface area (Å²) in [5.41, 5.74) is -1.10. The molecule has 0 atom stereocenters. The lowest BCUT2D eigenvalue weighted by Crippen LogP contribution is -2.15. The Balaban J connectivity index is 0.00000320. The van der Waals surface area contributed by atoms with Crippen molar-refractivity contribution in [1.29, 1.82) is 0 Å². The quantitative estimate of drug-likeness (QED) is 0.493. The highest BCUT2D eigenvalue weighted by Gasteiger charge is 2.20. The molecule has 0 saturated heterocycles. The topological polar surface area (TPSA) is 76.1 Å². The molecule has 6 nitrogen and oxygen atoms in total. The summed E-state index contributed by atoms with van der Waals surface area (Å²) in [4.78, 5) is 16.4. The molecule has 1 amide bonds. The van der Waals surface area contributed by atoms with Gasteiger partial charge in [-0.25, -0.2) is 18.2 Å². The molecule has 3 rings (SSSR count). The van der Waals surface area contributed by atoms with Crippen LogP contribution in [-0.2, 0) is 0 Å². The maximum absolute atomic E-state index is 14.2. The highest BCUT2D eigenvalue weighted by atomic mass is 35.5. The Morgan fingerprint density at radius 3 is 2.57 bits per heavy atom. The average Bonchev–Trinajstić information content (AvgIpc) is 3.13. The molecule has 11 heteroatoms. The van der Waals surface area contributed by atoms with E-state index >= 15 is 0 Å². The van der Waals surface area contributed by atoms with Crippen LogP contribution in [0.4, 0.5) is 18.9 Å². The van der Waals surface area contributed by atoms with Crippen molar-refractivity contribution in [1.82, 2.24) is 14.7 Å². The molecular weight excluding hydrogens is 441 g/mol. The number of nitrogens with zero attached hydrogens (tertiary/aromatic N) is 2. The Bertz CT molecular complexity index is 999. The number of pyridine rings is 1. The molecule has 0 saturated carbocycles. The summed E-state index contributed by atoms with van der Waals surface area (Å²) in [5.74, 6) is -3.60. The van der Waals surface area contributed by atoms with Gasteiger partial charge in [-0.1, -0.05) is 6.07 Å². The van der Waals surface area contributed by atoms with Gasteiger partial charge in [0.05, 0.1) is 18.4 Å². The number of carbonyl (C=O) groups is 1. The van der Waals surface area contributed by atoms with Crippen molar-refractivity contribution in [3.8, 4) is 16.3 Å². The van der Waals surface area contributed by atoms with E-state index in [-0.39, 0.29) is 18.1 Å². The summed E-state index contributed by atoms with van der Waals surface area (Å²) in [6.45, 7) is 1.20. The standard InChI is InChI=1S/C19H17F3N4O2S.ClH/c1-23-8-3-9-28-19-15(10-24-29-19)26-18(27)14-7-6-13(22)17(25-14)16-11(20)4-2-5-12(16)21;/h2,4-7,10,23H,3,8-9H2,1H3,(H,26,27);1H. The van der Waals surface area contributed by atoms with Crippen molar-refractivity contribution in [2.75, 3.05) is 25.5 Å². The third-order valence-corrected chi connectivity index (χ3v) is 4.58. The Labute approximate surface area is 181 Å². The molecule has 0 spiro atoms. The lowest BCUT2D eigenvalue weighted by atomic mass is 10.1. The number of carbonyl (C=O) groups excluding carboxylic acids is 1. The Morgan fingerprint density at radius 1 is 1.13 bits per heavy atom. The molecule has 0 aliphatic rings. The Morgan fingerprint density at radius 2 is 1.87 bits per heavy atom. The first-order valence-corrected chi connectivity index (χ1v) is 9.43. The zero-order valence-electron chi connectivity index (χ0n) is 15.7. The molecule has 0 aliphatic carbocycles. The van der Waals surface area contributed by atoms with E-state index in [9.17, 15) is 18.0 Å². The van der Waals surface area contributed by atoms with Gasteiger partial charge >= 0.3 is 0 Å². The summed E-state index contributed by atoms with van der Waals surface area (Å²) in [6, 6.07) is 5.19. The van der Waals surface area contributed by atoms with Gasteiger partial charge in [0.2, 0.25) is 5.06 Å². The molecular formula is C19H18ClF3N4O2S. The second-order valence-electron chi connectivity index (χ2n) is 5.91. The molecule has 0 unspecified atom stereocenters. The van der Waals surface area contributed by atoms with Crippen molar-refractivity contribution in [2.24, 2.45) is 0 Å². The minimum Gasteiger partial charge on any atom is -0.481 e. The van der Waals surface area contributed by atoms with Crippen LogP contribution in [0.25, 0.3) is 11.3 Å². The predicted molar refractivity (Wildman–Crippen MR) is 111 cm³/mol. The summed E-state index contributed by atoms with van der Waals surface area (Å²) in [7, 11) is 1.83. The number of hydrogen-bond acceptors (Lipinski definition) is 6. The van der Waals surface area contributed by atoms with Crippen molar-refractivity contribution in [3.05, 3.63) is 59.7 Å². The van der Waals surface area contributed by atoms with Gasteiger partial charge in [-0.15, -0.1) is 12.4 Å². The Kier molecular flexibility index (Phi) is 8.58. The number of aromatic nitrogens is 2. The van der Waals surface area contributed by atoms with Gasteiger partial charge in [0, 0.05) is 11.5 Å². The van der Waals surface area contributed by atoms with E-state index in [1.54, 1.807) is 0 Å². The molecule has 2 N–H and O–H groups in total. The van der Waals surface area contributed by atoms with Crippen LogP contribution in [0.3, 0.4) is 0 Å². The van der Waals surface area contributed by atoms with Crippen molar-refractivity contribution >= 4 is 35.5 Å². The third-order valence-electron chi connectivity index (χ3n) is 3.87. The minimum atomic E-state index is -0.978. The monoisotopic (exact) mass is 458 g/mol. The number of nitrogens with one attached hydrogen (secondary N) is 2. The number of rotatable bonds is 8. The van der Waals surface area contributed by atoms with E-state index in [2.05, 4.69) is 20.0 Å². The van der Waals surface area contributed by atoms with Crippen molar-refractivity contribution < 1.29 is 22.7 Å². The van der Waals surface area contributed by atoms with Crippen LogP contribution in [0.2, 0.25) is 0 Å². The molecule has 0 radical (unpaired) electrons. The van der Waals surface area contributed by atoms with E-state index in [1.165, 1.54) is 6.20 Å². The summed E-state index contributed by atoms with van der Waals surface area (Å²) in [5, 5.41) is 5.98. The number of anilines is 1. The van der Waals surface area contributed by atoms with Gasteiger partial charge in [-0.2, -0.15) is 4.37 Å². The molecule has 0 bridgehead atoms. The molecule has 2 heterocycles. The van der Waals surface area contributed by atoms with E-state index in [0.717, 1.165) is 54.8 Å². The fourth-order valence-corrected chi connectivity index (χ4v) is 3.08. The Hall–Kier alpha value is -2.69. The van der Waals surface area contributed by atoms with Crippen LogP contribution < -0.4 is 15.4 Å². The second-order valence-corrected chi connectivity index (χ2v) is 6.67. The molecule has 0 fully saturated rings. The van der Waals surface area contributed by atoms with Gasteiger partial charge in [-0.05, 0) is 44.3 Å². The van der Waals surface area contributed by atoms with Crippen molar-refractivity contribution in [3.63, 3.8) is 0 Å². The first-order chi connectivity index (χ1) is 14.0. The maximum atomic E-state index is 14.2. The highest BCUT2D eigenvalue weighted by Crippen LogP contribution is 2.30. The smallest absolute Gasteiger partial charge is 0.274 e. The van der Waals surface area contributed by atoms with Gasteiger partial charge in [-0.3, -0.25) is 4.79 Å². The van der Waals surface area contributed by atoms with E-state index < -0.39 is 34.6 Å². The van der Waals surface area contributed by atoms with Gasteiger partial charge < -0.3 is 15.4 Å². The van der Waals surface area contributed by atoms with Crippen LogP contribution >= 0.6 is 23.9 Å². The predicted octanol–water partition coefficient (Wildman–Crippen LogP) is 4.28. The van der Waals surface area contributed by atoms with E-state index in [4.69, 9.17) is 4.74 Å². The SMILES string of the molecule is CNCCCOc1sncc1NC(=O)c1ccc(F)c(-c2c(F)cccc2F)n1.Cl. The molecule has 1 aromatic carbocycles. The van der Waals surface area contributed by atoms with Gasteiger partial charge in [0.15, 0.2) is 0 Å². The fourth-order valence-electron chi connectivity index (χ4n) is 2.48. The molecule has 30 heavy (non-hydrogen) atoms. The number of halogens is 4. The number of ether oxygens (including phenoxy) is 1. The average molecular weight is 459 g/mol. The van der Waals surface area contributed by atoms with Gasteiger partial charge in [0.1, 0.15) is 34.5 Å². The second kappa shape index (κ2) is 10.9. The summed E-state index contributed by atoms with van der Waals surface area (Å²) in [6.07, 6.45) is 2.18. The number of hydrogen-bond donors (Lipinski definition) is 2. The molecule has 160 valence electrons. The number of amides is 1. The summed E-state index contributed by atoms with van der Waals surface area (Å²) >= 11 is 1.06. The fraction of sp³-hybridized carbons (Fsp3) is 0.211. The third kappa shape index (κ3) is 5.47. The van der Waals surface area contributed by atoms with Crippen LogP contribution in [0.5, 0.6) is 5.06 Å². The van der Waals surface area contributed by atoms with Crippen LogP contribution in [0.15, 0.2) is 36.5 Å². The lowest BCUT2D eigenvalue weighted by molar-refractivity contribution is 0.102. The summed E-state index contributed by atoms with van der Waals surface area (Å²) < 4.78 is 51.7. The zero-order chi connectivity index (χ0) is 20.8. The van der Waals surface area contributed by atoms with Crippen LogP contribution in [0, 0.1) is 17.5 Å². The normalized spacial score (nSPS) is 10.4.